The van der Waals surface area contributed by atoms with Gasteiger partial charge in [-0.2, -0.15) is 5.26 Å². The average molecular weight is 262 g/mol. The number of benzene rings is 1. The summed E-state index contributed by atoms with van der Waals surface area (Å²) in [5.74, 6) is 0. The van der Waals surface area contributed by atoms with Crippen LogP contribution < -0.4 is 0 Å². The Hall–Kier alpha value is -1.54. The molecule has 0 N–H and O–H groups in total. The van der Waals surface area contributed by atoms with Crippen molar-refractivity contribution in [2.24, 2.45) is 0 Å². The molecule has 1 aromatic rings. The largest absolute Gasteiger partial charge is 0.270 e. The highest BCUT2D eigenvalue weighted by Crippen LogP contribution is 2.36. The van der Waals surface area contributed by atoms with E-state index in [1.54, 1.807) is 17.8 Å². The third-order valence-corrected chi connectivity index (χ3v) is 4.55. The molecule has 18 heavy (non-hydrogen) atoms. The second-order valence-electron chi connectivity index (χ2n) is 4.43. The van der Waals surface area contributed by atoms with Gasteiger partial charge in [0, 0.05) is 22.3 Å². The molecule has 0 atom stereocenters. The van der Waals surface area contributed by atoms with Crippen molar-refractivity contribution in [3.05, 3.63) is 33.9 Å². The van der Waals surface area contributed by atoms with Crippen LogP contribution in [0, 0.1) is 21.4 Å². The monoisotopic (exact) mass is 262 g/mol. The molecule has 0 radical (unpaired) electrons. The van der Waals surface area contributed by atoms with Crippen molar-refractivity contribution in [2.45, 2.75) is 42.2 Å². The summed E-state index contributed by atoms with van der Waals surface area (Å²) < 4.78 is 0. The van der Waals surface area contributed by atoms with Gasteiger partial charge < -0.3 is 0 Å². The molecule has 1 aliphatic rings. The van der Waals surface area contributed by atoms with Gasteiger partial charge in [-0.15, -0.1) is 11.8 Å². The molecule has 1 aromatic carbocycles. The Bertz CT molecular complexity index is 490. The maximum absolute atomic E-state index is 10.7. The summed E-state index contributed by atoms with van der Waals surface area (Å²) in [5.41, 5.74) is 0.402. The number of nitrogens with zero attached hydrogens (tertiary/aromatic N) is 2. The minimum absolute atomic E-state index is 0.0143. The maximum atomic E-state index is 10.7. The van der Waals surface area contributed by atoms with E-state index < -0.39 is 4.92 Å². The molecule has 5 heteroatoms. The van der Waals surface area contributed by atoms with Gasteiger partial charge >= 0.3 is 0 Å². The van der Waals surface area contributed by atoms with Crippen molar-refractivity contribution in [2.75, 3.05) is 0 Å². The van der Waals surface area contributed by atoms with E-state index in [4.69, 9.17) is 5.26 Å². The van der Waals surface area contributed by atoms with Crippen LogP contribution in [0.3, 0.4) is 0 Å². The Labute approximate surface area is 110 Å². The maximum Gasteiger partial charge on any atom is 0.270 e. The number of non-ortho nitro benzene ring substituents is 1. The van der Waals surface area contributed by atoms with Gasteiger partial charge in [0.1, 0.15) is 6.07 Å². The Morgan fingerprint density at radius 3 is 2.67 bits per heavy atom. The Balaban J connectivity index is 2.17. The van der Waals surface area contributed by atoms with Crippen LogP contribution in [0.5, 0.6) is 0 Å². The van der Waals surface area contributed by atoms with Crippen LogP contribution in [0.2, 0.25) is 0 Å². The molecular weight excluding hydrogens is 248 g/mol. The summed E-state index contributed by atoms with van der Waals surface area (Å²) in [6, 6.07) is 6.60. The second kappa shape index (κ2) is 5.87. The number of nitro benzene ring substituents is 1. The predicted octanol–water partition coefficient (Wildman–Crippen LogP) is 3.89. The van der Waals surface area contributed by atoms with Crippen LogP contribution in [0.15, 0.2) is 23.1 Å². The quantitative estimate of drug-likeness (QED) is 0.612. The standard InChI is InChI=1S/C13H14N2O2S/c14-9-10-8-11(15(16)17)6-7-13(10)18-12-4-2-1-3-5-12/h6-8,12H,1-5H2. The zero-order valence-electron chi connectivity index (χ0n) is 9.96. The topological polar surface area (TPSA) is 66.9 Å². The summed E-state index contributed by atoms with van der Waals surface area (Å²) in [4.78, 5) is 11.1. The first-order valence-corrected chi connectivity index (χ1v) is 6.94. The van der Waals surface area contributed by atoms with E-state index in [0.717, 1.165) is 4.90 Å². The highest BCUT2D eigenvalue weighted by molar-refractivity contribution is 8.00. The minimum atomic E-state index is -0.462. The summed E-state index contributed by atoms with van der Waals surface area (Å²) in [6.45, 7) is 0. The van der Waals surface area contributed by atoms with Crippen molar-refractivity contribution in [1.82, 2.24) is 0 Å². The fourth-order valence-corrected chi connectivity index (χ4v) is 3.49. The van der Waals surface area contributed by atoms with Gasteiger partial charge in [-0.25, -0.2) is 0 Å². The van der Waals surface area contributed by atoms with E-state index in [9.17, 15) is 10.1 Å². The van der Waals surface area contributed by atoms with Crippen LogP contribution in [0.25, 0.3) is 0 Å². The third-order valence-electron chi connectivity index (χ3n) is 3.14. The number of rotatable bonds is 3. The fraction of sp³-hybridized carbons (Fsp3) is 0.462. The summed E-state index contributed by atoms with van der Waals surface area (Å²) in [6.07, 6.45) is 6.13. The lowest BCUT2D eigenvalue weighted by Crippen LogP contribution is -2.08. The normalized spacial score (nSPS) is 16.2. The average Bonchev–Trinajstić information content (AvgIpc) is 2.40. The van der Waals surface area contributed by atoms with Crippen LogP contribution in [0.4, 0.5) is 5.69 Å². The summed E-state index contributed by atoms with van der Waals surface area (Å²) in [7, 11) is 0. The fourth-order valence-electron chi connectivity index (χ4n) is 2.18. The van der Waals surface area contributed by atoms with E-state index in [0.29, 0.717) is 10.8 Å². The molecule has 0 amide bonds. The SMILES string of the molecule is N#Cc1cc([N+](=O)[O-])ccc1SC1CCCCC1. The number of nitriles is 1. The first-order chi connectivity index (χ1) is 8.70. The van der Waals surface area contributed by atoms with Crippen LogP contribution >= 0.6 is 11.8 Å². The van der Waals surface area contributed by atoms with Gasteiger partial charge in [0.2, 0.25) is 0 Å². The van der Waals surface area contributed by atoms with Gasteiger partial charge in [0.05, 0.1) is 10.5 Å². The van der Waals surface area contributed by atoms with Gasteiger partial charge in [-0.3, -0.25) is 10.1 Å². The molecule has 0 heterocycles. The smallest absolute Gasteiger partial charge is 0.258 e. The van der Waals surface area contributed by atoms with Gasteiger partial charge in [-0.05, 0) is 18.9 Å². The number of hydrogen-bond acceptors (Lipinski definition) is 4. The van der Waals surface area contributed by atoms with Gasteiger partial charge in [0.15, 0.2) is 0 Å². The lowest BCUT2D eigenvalue weighted by Gasteiger charge is -2.21. The third kappa shape index (κ3) is 3.02. The first-order valence-electron chi connectivity index (χ1n) is 6.06. The molecule has 4 nitrogen and oxygen atoms in total. The highest BCUT2D eigenvalue weighted by atomic mass is 32.2. The lowest BCUT2D eigenvalue weighted by molar-refractivity contribution is -0.384. The van der Waals surface area contributed by atoms with Crippen molar-refractivity contribution in [3.8, 4) is 6.07 Å². The second-order valence-corrected chi connectivity index (χ2v) is 5.77. The molecule has 1 saturated carbocycles. The van der Waals surface area contributed by atoms with E-state index in [-0.39, 0.29) is 5.69 Å². The van der Waals surface area contributed by atoms with E-state index >= 15 is 0 Å². The van der Waals surface area contributed by atoms with Crippen molar-refractivity contribution >= 4 is 17.4 Å². The molecule has 0 aliphatic heterocycles. The van der Waals surface area contributed by atoms with E-state index in [1.165, 1.54) is 44.2 Å². The highest BCUT2D eigenvalue weighted by Gasteiger charge is 2.18. The molecule has 0 aromatic heterocycles. The molecule has 0 unspecified atom stereocenters. The van der Waals surface area contributed by atoms with Crippen molar-refractivity contribution in [3.63, 3.8) is 0 Å². The Morgan fingerprint density at radius 1 is 1.33 bits per heavy atom. The van der Waals surface area contributed by atoms with Crippen LogP contribution in [-0.2, 0) is 0 Å². The molecule has 1 aliphatic carbocycles. The number of thioether (sulfide) groups is 1. The van der Waals surface area contributed by atoms with Crippen molar-refractivity contribution < 1.29 is 4.92 Å². The summed E-state index contributed by atoms with van der Waals surface area (Å²) >= 11 is 1.69. The Kier molecular flexibility index (Phi) is 4.21. The molecule has 2 rings (SSSR count). The van der Waals surface area contributed by atoms with Crippen LogP contribution in [-0.4, -0.2) is 10.2 Å². The lowest BCUT2D eigenvalue weighted by atomic mass is 10.0. The molecule has 0 saturated heterocycles. The Morgan fingerprint density at radius 2 is 2.06 bits per heavy atom. The predicted molar refractivity (Wildman–Crippen MR) is 70.5 cm³/mol. The van der Waals surface area contributed by atoms with Crippen LogP contribution in [0.1, 0.15) is 37.7 Å². The number of nitro groups is 1. The van der Waals surface area contributed by atoms with Crippen molar-refractivity contribution in [1.29, 1.82) is 5.26 Å². The van der Waals surface area contributed by atoms with Gasteiger partial charge in [-0.1, -0.05) is 19.3 Å². The molecular formula is C13H14N2O2S. The molecule has 0 spiro atoms. The molecule has 1 fully saturated rings. The number of hydrogen-bond donors (Lipinski definition) is 0. The minimum Gasteiger partial charge on any atom is -0.258 e. The molecule has 0 bridgehead atoms. The first kappa shape index (κ1) is 12.9. The summed E-state index contributed by atoms with van der Waals surface area (Å²) in [5, 5.41) is 20.3. The van der Waals surface area contributed by atoms with E-state index in [1.807, 2.05) is 0 Å². The molecule has 94 valence electrons. The van der Waals surface area contributed by atoms with E-state index in [2.05, 4.69) is 6.07 Å². The zero-order chi connectivity index (χ0) is 13.0. The van der Waals surface area contributed by atoms with Gasteiger partial charge in [0.25, 0.3) is 5.69 Å². The zero-order valence-corrected chi connectivity index (χ0v) is 10.8.